The maximum atomic E-state index is 9.78. The van der Waals surface area contributed by atoms with E-state index in [1.807, 2.05) is 12.1 Å². The number of nitrogen functional groups attached to an aromatic ring is 1. The van der Waals surface area contributed by atoms with E-state index in [0.717, 1.165) is 11.1 Å². The van der Waals surface area contributed by atoms with Crippen molar-refractivity contribution in [3.8, 4) is 11.5 Å². The van der Waals surface area contributed by atoms with Crippen molar-refractivity contribution < 1.29 is 10.2 Å². The fraction of sp³-hybridized carbons (Fsp3) is 0.200. The minimum atomic E-state index is 0.248. The van der Waals surface area contributed by atoms with Gasteiger partial charge in [-0.3, -0.25) is 0 Å². The van der Waals surface area contributed by atoms with Crippen LogP contribution in [0.25, 0.3) is 0 Å². The number of hydrogen-bond donors (Lipinski definition) is 3. The smallest absolute Gasteiger partial charge is 0.118 e. The van der Waals surface area contributed by atoms with Gasteiger partial charge >= 0.3 is 0 Å². The Morgan fingerprint density at radius 2 is 1.72 bits per heavy atom. The summed E-state index contributed by atoms with van der Waals surface area (Å²) < 4.78 is 0. The van der Waals surface area contributed by atoms with Crippen LogP contribution >= 0.6 is 0 Å². The van der Waals surface area contributed by atoms with Crippen molar-refractivity contribution >= 4 is 5.69 Å². The van der Waals surface area contributed by atoms with E-state index in [-0.39, 0.29) is 17.4 Å². The van der Waals surface area contributed by atoms with E-state index in [0.29, 0.717) is 12.1 Å². The first-order chi connectivity index (χ1) is 8.56. The normalized spacial score (nSPS) is 12.3. The molecule has 3 heteroatoms. The number of rotatable bonds is 3. The number of hydrogen-bond acceptors (Lipinski definition) is 3. The monoisotopic (exact) mass is 243 g/mol. The van der Waals surface area contributed by atoms with Crippen molar-refractivity contribution in [2.75, 3.05) is 5.73 Å². The zero-order valence-electron chi connectivity index (χ0n) is 10.3. The van der Waals surface area contributed by atoms with Crippen molar-refractivity contribution in [3.05, 3.63) is 53.6 Å². The quantitative estimate of drug-likeness (QED) is 0.573. The highest BCUT2D eigenvalue weighted by Gasteiger charge is 2.10. The van der Waals surface area contributed by atoms with E-state index in [1.54, 1.807) is 30.3 Å². The molecule has 0 radical (unpaired) electrons. The average molecular weight is 243 g/mol. The van der Waals surface area contributed by atoms with Gasteiger partial charge in [0.1, 0.15) is 11.5 Å². The summed E-state index contributed by atoms with van der Waals surface area (Å²) in [5, 5.41) is 19.0. The van der Waals surface area contributed by atoms with Crippen molar-refractivity contribution in [1.29, 1.82) is 0 Å². The Morgan fingerprint density at radius 1 is 1.06 bits per heavy atom. The summed E-state index contributed by atoms with van der Waals surface area (Å²) in [5.74, 6) is 0.783. The highest BCUT2D eigenvalue weighted by molar-refractivity contribution is 5.48. The van der Waals surface area contributed by atoms with Gasteiger partial charge in [-0.25, -0.2) is 0 Å². The zero-order valence-corrected chi connectivity index (χ0v) is 10.3. The zero-order chi connectivity index (χ0) is 13.1. The molecule has 0 spiro atoms. The summed E-state index contributed by atoms with van der Waals surface area (Å²) in [6, 6.07) is 12.2. The van der Waals surface area contributed by atoms with Crippen LogP contribution in [0, 0.1) is 0 Å². The molecule has 0 aliphatic rings. The third kappa shape index (κ3) is 2.74. The van der Waals surface area contributed by atoms with Crippen LogP contribution in [0.5, 0.6) is 11.5 Å². The Kier molecular flexibility index (Phi) is 3.42. The van der Waals surface area contributed by atoms with E-state index in [4.69, 9.17) is 5.73 Å². The molecule has 2 aromatic carbocycles. The second-order valence-corrected chi connectivity index (χ2v) is 4.58. The minimum Gasteiger partial charge on any atom is -0.508 e. The third-order valence-electron chi connectivity index (χ3n) is 3.09. The molecule has 0 aliphatic carbocycles. The van der Waals surface area contributed by atoms with Crippen LogP contribution in [0.3, 0.4) is 0 Å². The van der Waals surface area contributed by atoms with Crippen LogP contribution < -0.4 is 5.73 Å². The first-order valence-corrected chi connectivity index (χ1v) is 5.92. The molecule has 94 valence electrons. The molecule has 0 bridgehead atoms. The molecule has 4 N–H and O–H groups in total. The molecule has 2 rings (SSSR count). The molecule has 0 saturated carbocycles. The molecule has 0 aliphatic heterocycles. The first-order valence-electron chi connectivity index (χ1n) is 5.92. The van der Waals surface area contributed by atoms with Gasteiger partial charge in [0.15, 0.2) is 0 Å². The fourth-order valence-electron chi connectivity index (χ4n) is 2.02. The van der Waals surface area contributed by atoms with Gasteiger partial charge in [0.25, 0.3) is 0 Å². The lowest BCUT2D eigenvalue weighted by atomic mass is 9.93. The summed E-state index contributed by atoms with van der Waals surface area (Å²) in [6.45, 7) is 2.08. The largest absolute Gasteiger partial charge is 0.508 e. The molecule has 2 aromatic rings. The molecule has 1 atom stereocenters. The summed E-state index contributed by atoms with van der Waals surface area (Å²) in [5.41, 5.74) is 8.33. The van der Waals surface area contributed by atoms with Crippen LogP contribution in [0.15, 0.2) is 42.5 Å². The molecular weight excluding hydrogens is 226 g/mol. The van der Waals surface area contributed by atoms with E-state index in [1.165, 1.54) is 0 Å². The molecule has 3 nitrogen and oxygen atoms in total. The maximum absolute atomic E-state index is 9.78. The lowest BCUT2D eigenvalue weighted by molar-refractivity contribution is 0.465. The predicted molar refractivity (Wildman–Crippen MR) is 72.7 cm³/mol. The van der Waals surface area contributed by atoms with Crippen LogP contribution in [0.4, 0.5) is 5.69 Å². The number of aromatic hydroxyl groups is 2. The fourth-order valence-corrected chi connectivity index (χ4v) is 2.02. The number of phenols is 2. The standard InChI is InChI=1S/C15H17NO2/c1-10(11-2-5-14(17)6-3-11)8-12-9-13(16)4-7-15(12)18/h2-7,9-10,17-18H,8,16H2,1H3. The lowest BCUT2D eigenvalue weighted by Gasteiger charge is -2.13. The van der Waals surface area contributed by atoms with Crippen LogP contribution in [-0.2, 0) is 6.42 Å². The molecule has 0 fully saturated rings. The van der Waals surface area contributed by atoms with Gasteiger partial charge in [0, 0.05) is 5.69 Å². The van der Waals surface area contributed by atoms with Crippen molar-refractivity contribution in [1.82, 2.24) is 0 Å². The van der Waals surface area contributed by atoms with Crippen molar-refractivity contribution in [3.63, 3.8) is 0 Å². The predicted octanol–water partition coefficient (Wildman–Crippen LogP) is 3.03. The molecule has 1 unspecified atom stereocenters. The summed E-state index contributed by atoms with van der Waals surface area (Å²) in [6.07, 6.45) is 0.710. The SMILES string of the molecule is CC(Cc1cc(N)ccc1O)c1ccc(O)cc1. The Hall–Kier alpha value is -2.16. The number of nitrogens with two attached hydrogens (primary N) is 1. The van der Waals surface area contributed by atoms with Crippen molar-refractivity contribution in [2.24, 2.45) is 0 Å². The Labute approximate surface area is 107 Å². The molecule has 0 amide bonds. The van der Waals surface area contributed by atoms with Crippen molar-refractivity contribution in [2.45, 2.75) is 19.3 Å². The van der Waals surface area contributed by atoms with Crippen LogP contribution in [0.1, 0.15) is 24.0 Å². The maximum Gasteiger partial charge on any atom is 0.118 e. The van der Waals surface area contributed by atoms with E-state index >= 15 is 0 Å². The second-order valence-electron chi connectivity index (χ2n) is 4.58. The van der Waals surface area contributed by atoms with Gasteiger partial charge in [-0.2, -0.15) is 0 Å². The van der Waals surface area contributed by atoms with Gasteiger partial charge in [-0.1, -0.05) is 19.1 Å². The Bertz CT molecular complexity index is 535. The van der Waals surface area contributed by atoms with Crippen LogP contribution in [0.2, 0.25) is 0 Å². The van der Waals surface area contributed by atoms with Crippen LogP contribution in [-0.4, -0.2) is 10.2 Å². The molecule has 0 heterocycles. The topological polar surface area (TPSA) is 66.5 Å². The van der Waals surface area contributed by atoms with E-state index in [9.17, 15) is 10.2 Å². The highest BCUT2D eigenvalue weighted by atomic mass is 16.3. The van der Waals surface area contributed by atoms with E-state index < -0.39 is 0 Å². The van der Waals surface area contributed by atoms with Gasteiger partial charge < -0.3 is 15.9 Å². The van der Waals surface area contributed by atoms with Gasteiger partial charge in [0.2, 0.25) is 0 Å². The van der Waals surface area contributed by atoms with Gasteiger partial charge in [-0.05, 0) is 53.8 Å². The Balaban J connectivity index is 2.18. The first kappa shape index (κ1) is 12.3. The van der Waals surface area contributed by atoms with Gasteiger partial charge in [0.05, 0.1) is 0 Å². The molecule has 0 aromatic heterocycles. The minimum absolute atomic E-state index is 0.248. The Morgan fingerprint density at radius 3 is 2.39 bits per heavy atom. The van der Waals surface area contributed by atoms with Gasteiger partial charge in [-0.15, -0.1) is 0 Å². The summed E-state index contributed by atoms with van der Waals surface area (Å²) in [4.78, 5) is 0. The van der Waals surface area contributed by atoms with E-state index in [2.05, 4.69) is 6.92 Å². The number of anilines is 1. The second kappa shape index (κ2) is 5.00. The highest BCUT2D eigenvalue weighted by Crippen LogP contribution is 2.27. The average Bonchev–Trinajstić information content (AvgIpc) is 2.34. The lowest BCUT2D eigenvalue weighted by Crippen LogP contribution is -1.99. The summed E-state index contributed by atoms with van der Waals surface area (Å²) >= 11 is 0. The number of benzene rings is 2. The molecule has 18 heavy (non-hydrogen) atoms. The number of phenolic OH excluding ortho intramolecular Hbond substituents is 2. The third-order valence-corrected chi connectivity index (χ3v) is 3.09. The summed E-state index contributed by atoms with van der Waals surface area (Å²) in [7, 11) is 0. The molecular formula is C15H17NO2. The molecule has 0 saturated heterocycles.